The third-order valence-electron chi connectivity index (χ3n) is 7.11. The number of aromatic carboxylic acids is 1. The molecule has 1 aliphatic carbocycles. The van der Waals surface area contributed by atoms with Gasteiger partial charge < -0.3 is 9.67 Å². The highest BCUT2D eigenvalue weighted by molar-refractivity contribution is 5.85. The highest BCUT2D eigenvalue weighted by Gasteiger charge is 2.30. The van der Waals surface area contributed by atoms with Crippen molar-refractivity contribution in [2.45, 2.75) is 37.8 Å². The molecular formula is C25H26N6O3. The second-order valence-corrected chi connectivity index (χ2v) is 9.30. The van der Waals surface area contributed by atoms with Gasteiger partial charge in [0.05, 0.1) is 30.0 Å². The molecule has 4 heterocycles. The van der Waals surface area contributed by atoms with Crippen LogP contribution in [0, 0.1) is 0 Å². The maximum atomic E-state index is 13.7. The fourth-order valence-corrected chi connectivity index (χ4v) is 5.10. The molecule has 1 unspecified atom stereocenters. The van der Waals surface area contributed by atoms with E-state index in [2.05, 4.69) is 27.0 Å². The van der Waals surface area contributed by atoms with Crippen molar-refractivity contribution in [3.05, 3.63) is 76.4 Å². The minimum Gasteiger partial charge on any atom is -0.477 e. The van der Waals surface area contributed by atoms with E-state index < -0.39 is 5.97 Å². The number of carbonyl (C=O) groups is 1. The molecule has 34 heavy (non-hydrogen) atoms. The summed E-state index contributed by atoms with van der Waals surface area (Å²) < 4.78 is 5.20. The molecule has 9 heteroatoms. The first kappa shape index (κ1) is 20.9. The maximum absolute atomic E-state index is 13.7. The fraction of sp³-hybridized carbons (Fsp3) is 0.360. The number of aromatic nitrogens is 5. The van der Waals surface area contributed by atoms with E-state index in [0.29, 0.717) is 30.5 Å². The van der Waals surface area contributed by atoms with Gasteiger partial charge in [0.15, 0.2) is 5.65 Å². The van der Waals surface area contributed by atoms with E-state index >= 15 is 0 Å². The van der Waals surface area contributed by atoms with Gasteiger partial charge in [-0.2, -0.15) is 0 Å². The number of rotatable bonds is 6. The molecule has 1 atom stereocenters. The van der Waals surface area contributed by atoms with E-state index in [0.717, 1.165) is 24.2 Å². The Morgan fingerprint density at radius 3 is 2.62 bits per heavy atom. The molecule has 0 spiro atoms. The van der Waals surface area contributed by atoms with Crippen molar-refractivity contribution in [1.29, 1.82) is 0 Å². The first-order valence-electron chi connectivity index (χ1n) is 11.7. The summed E-state index contributed by atoms with van der Waals surface area (Å²) in [6.45, 7) is 2.00. The van der Waals surface area contributed by atoms with Crippen LogP contribution >= 0.6 is 0 Å². The first-order valence-corrected chi connectivity index (χ1v) is 11.7. The van der Waals surface area contributed by atoms with Crippen molar-refractivity contribution in [3.8, 4) is 5.69 Å². The van der Waals surface area contributed by atoms with Gasteiger partial charge in [0.25, 0.3) is 0 Å². The predicted octanol–water partition coefficient (Wildman–Crippen LogP) is 2.94. The van der Waals surface area contributed by atoms with Crippen LogP contribution in [0.2, 0.25) is 0 Å². The van der Waals surface area contributed by atoms with Crippen LogP contribution in [0.5, 0.6) is 0 Å². The summed E-state index contributed by atoms with van der Waals surface area (Å²) in [6.07, 6.45) is 6.42. The average Bonchev–Trinajstić information content (AvgIpc) is 3.38. The molecule has 0 radical (unpaired) electrons. The first-order chi connectivity index (χ1) is 16.5. The lowest BCUT2D eigenvalue weighted by atomic mass is 10.1. The van der Waals surface area contributed by atoms with Crippen molar-refractivity contribution in [2.24, 2.45) is 7.05 Å². The normalized spacial score (nSPS) is 18.7. The van der Waals surface area contributed by atoms with Gasteiger partial charge in [0.1, 0.15) is 11.5 Å². The number of hydrogen-bond acceptors (Lipinski definition) is 5. The molecule has 1 saturated carbocycles. The van der Waals surface area contributed by atoms with Gasteiger partial charge in [0, 0.05) is 26.3 Å². The van der Waals surface area contributed by atoms with Crippen molar-refractivity contribution in [3.63, 3.8) is 0 Å². The molecule has 6 rings (SSSR count). The Morgan fingerprint density at radius 2 is 1.91 bits per heavy atom. The summed E-state index contributed by atoms with van der Waals surface area (Å²) in [5.74, 6) is 0.376. The minimum absolute atomic E-state index is 0.0175. The van der Waals surface area contributed by atoms with Crippen molar-refractivity contribution in [1.82, 2.24) is 28.6 Å². The third kappa shape index (κ3) is 3.43. The number of imidazole rings is 2. The van der Waals surface area contributed by atoms with Gasteiger partial charge in [-0.25, -0.2) is 19.6 Å². The van der Waals surface area contributed by atoms with Crippen LogP contribution in [0.15, 0.2) is 53.6 Å². The Bertz CT molecular complexity index is 1440. The lowest BCUT2D eigenvalue weighted by Gasteiger charge is -2.16. The summed E-state index contributed by atoms with van der Waals surface area (Å²) in [6, 6.07) is 12.1. The molecule has 3 aromatic heterocycles. The van der Waals surface area contributed by atoms with E-state index in [1.54, 1.807) is 22.4 Å². The zero-order valence-electron chi connectivity index (χ0n) is 19.0. The lowest BCUT2D eigenvalue weighted by Crippen LogP contribution is -2.29. The van der Waals surface area contributed by atoms with Crippen LogP contribution in [0.4, 0.5) is 0 Å². The molecule has 1 aromatic carbocycles. The molecule has 1 saturated heterocycles. The quantitative estimate of drug-likeness (QED) is 0.477. The van der Waals surface area contributed by atoms with Gasteiger partial charge >= 0.3 is 11.7 Å². The monoisotopic (exact) mass is 458 g/mol. The van der Waals surface area contributed by atoms with Gasteiger partial charge in [0.2, 0.25) is 0 Å². The van der Waals surface area contributed by atoms with Crippen LogP contribution in [0.3, 0.4) is 0 Å². The van der Waals surface area contributed by atoms with E-state index in [1.807, 2.05) is 28.8 Å². The number of fused-ring (bicyclic) bond motifs is 1. The zero-order chi connectivity index (χ0) is 23.4. The molecule has 9 nitrogen and oxygen atoms in total. The summed E-state index contributed by atoms with van der Waals surface area (Å²) >= 11 is 0. The molecular weight excluding hydrogens is 432 g/mol. The topological polar surface area (TPSA) is 98.2 Å². The van der Waals surface area contributed by atoms with Crippen LogP contribution in [0.1, 0.15) is 53.1 Å². The molecule has 2 aliphatic rings. The Hall–Kier alpha value is -3.72. The van der Waals surface area contributed by atoms with Crippen LogP contribution in [-0.4, -0.2) is 52.7 Å². The number of likely N-dealkylation sites (tertiary alicyclic amines) is 1. The van der Waals surface area contributed by atoms with Gasteiger partial charge in [-0.15, -0.1) is 0 Å². The number of hydrogen-bond donors (Lipinski definition) is 1. The fourth-order valence-electron chi connectivity index (χ4n) is 5.10. The lowest BCUT2D eigenvalue weighted by molar-refractivity contribution is 0.0686. The van der Waals surface area contributed by atoms with E-state index in [4.69, 9.17) is 0 Å². The Kier molecular flexibility index (Phi) is 4.88. The zero-order valence-corrected chi connectivity index (χ0v) is 19.0. The van der Waals surface area contributed by atoms with Crippen molar-refractivity contribution < 1.29 is 9.90 Å². The summed E-state index contributed by atoms with van der Waals surface area (Å²) in [4.78, 5) is 36.1. The van der Waals surface area contributed by atoms with E-state index in [9.17, 15) is 14.7 Å². The Balaban J connectivity index is 1.31. The molecule has 0 amide bonds. The Labute approximate surface area is 195 Å². The van der Waals surface area contributed by atoms with Gasteiger partial charge in [-0.1, -0.05) is 12.1 Å². The van der Waals surface area contributed by atoms with Crippen LogP contribution in [0.25, 0.3) is 16.9 Å². The SMILES string of the molecule is Cn1c(C(=O)O)cnc1CN1CCC(n2c(=O)n(-c3ccc(C4CC4)cc3)c3cccnc32)C1. The molecule has 2 fully saturated rings. The number of benzene rings is 1. The van der Waals surface area contributed by atoms with Gasteiger partial charge in [-0.05, 0) is 55.0 Å². The molecule has 174 valence electrons. The predicted molar refractivity (Wildman–Crippen MR) is 126 cm³/mol. The molecule has 4 aromatic rings. The number of pyridine rings is 1. The minimum atomic E-state index is -0.990. The second kappa shape index (κ2) is 7.95. The number of nitrogens with zero attached hydrogens (tertiary/aromatic N) is 6. The summed E-state index contributed by atoms with van der Waals surface area (Å²) in [5, 5.41) is 9.28. The summed E-state index contributed by atoms with van der Waals surface area (Å²) in [7, 11) is 1.72. The summed E-state index contributed by atoms with van der Waals surface area (Å²) in [5.41, 5.74) is 3.78. The van der Waals surface area contributed by atoms with E-state index in [1.165, 1.54) is 24.6 Å². The number of carboxylic acid groups (broad SMARTS) is 1. The highest BCUT2D eigenvalue weighted by Crippen LogP contribution is 2.40. The largest absolute Gasteiger partial charge is 0.477 e. The number of carboxylic acids is 1. The van der Waals surface area contributed by atoms with E-state index in [-0.39, 0.29) is 17.4 Å². The van der Waals surface area contributed by atoms with Crippen molar-refractivity contribution in [2.75, 3.05) is 13.1 Å². The second-order valence-electron chi connectivity index (χ2n) is 9.30. The highest BCUT2D eigenvalue weighted by atomic mass is 16.4. The standard InChI is InChI=1S/C25H26N6O3/c1-28-21(24(32)33)13-27-22(28)15-29-12-10-19(14-29)31-23-20(3-2-11-26-23)30(25(31)34)18-8-6-17(7-9-18)16-4-5-16/h2-3,6-9,11,13,16,19H,4-5,10,12,14-15H2,1H3,(H,32,33). The molecule has 0 bridgehead atoms. The smallest absolute Gasteiger partial charge is 0.354 e. The van der Waals surface area contributed by atoms with Crippen LogP contribution < -0.4 is 5.69 Å². The molecule has 1 aliphatic heterocycles. The van der Waals surface area contributed by atoms with Gasteiger partial charge in [-0.3, -0.25) is 14.0 Å². The maximum Gasteiger partial charge on any atom is 0.354 e. The van der Waals surface area contributed by atoms with Crippen LogP contribution in [-0.2, 0) is 13.6 Å². The Morgan fingerprint density at radius 1 is 1.12 bits per heavy atom. The third-order valence-corrected chi connectivity index (χ3v) is 7.11. The average molecular weight is 459 g/mol. The molecule has 1 N–H and O–H groups in total. The van der Waals surface area contributed by atoms with Crippen molar-refractivity contribution >= 4 is 17.1 Å².